The van der Waals surface area contributed by atoms with Gasteiger partial charge in [-0.15, -0.1) is 0 Å². The van der Waals surface area contributed by atoms with E-state index >= 15 is 0 Å². The lowest BCUT2D eigenvalue weighted by atomic mass is 10.1. The van der Waals surface area contributed by atoms with Crippen molar-refractivity contribution in [1.82, 2.24) is 4.31 Å². The van der Waals surface area contributed by atoms with E-state index in [9.17, 15) is 8.42 Å². The van der Waals surface area contributed by atoms with Gasteiger partial charge in [-0.25, -0.2) is 8.42 Å². The van der Waals surface area contributed by atoms with Crippen LogP contribution in [0, 0.1) is 0 Å². The lowest BCUT2D eigenvalue weighted by Gasteiger charge is -2.34. The van der Waals surface area contributed by atoms with Crippen molar-refractivity contribution in [3.8, 4) is 0 Å². The topological polar surface area (TPSA) is 72.6 Å². The first-order chi connectivity index (χ1) is 9.34. The smallest absolute Gasteiger partial charge is 0.243 e. The first-order valence-corrected chi connectivity index (χ1v) is 8.32. The number of rotatable bonds is 3. The van der Waals surface area contributed by atoms with E-state index in [0.29, 0.717) is 30.1 Å². The monoisotopic (exact) mass is 298 g/mol. The number of hydrogen-bond acceptors (Lipinski definition) is 4. The van der Waals surface area contributed by atoms with Gasteiger partial charge in [-0.2, -0.15) is 4.31 Å². The van der Waals surface area contributed by atoms with Crippen molar-refractivity contribution in [3.63, 3.8) is 0 Å². The van der Waals surface area contributed by atoms with Crippen LogP contribution in [0.5, 0.6) is 0 Å². The fourth-order valence-corrected chi connectivity index (χ4v) is 4.49. The van der Waals surface area contributed by atoms with E-state index in [0.717, 1.165) is 5.56 Å². The van der Waals surface area contributed by atoms with Crippen LogP contribution in [-0.4, -0.2) is 38.0 Å². The average molecular weight is 298 g/mol. The minimum atomic E-state index is -3.52. The van der Waals surface area contributed by atoms with Crippen LogP contribution in [0.25, 0.3) is 0 Å². The fourth-order valence-electron chi connectivity index (χ4n) is 2.57. The summed E-state index contributed by atoms with van der Waals surface area (Å²) in [6.07, 6.45) is 0.462. The largest absolute Gasteiger partial charge is 0.399 e. The number of anilines is 1. The molecular weight excluding hydrogens is 276 g/mol. The van der Waals surface area contributed by atoms with E-state index in [1.807, 2.05) is 20.8 Å². The highest BCUT2D eigenvalue weighted by Crippen LogP contribution is 2.26. The van der Waals surface area contributed by atoms with Crippen LogP contribution in [-0.2, 0) is 21.2 Å². The van der Waals surface area contributed by atoms with E-state index < -0.39 is 10.0 Å². The molecule has 1 aliphatic heterocycles. The number of benzene rings is 1. The van der Waals surface area contributed by atoms with E-state index in [1.165, 1.54) is 4.31 Å². The van der Waals surface area contributed by atoms with Crippen molar-refractivity contribution in [2.24, 2.45) is 0 Å². The first kappa shape index (κ1) is 15.3. The Balaban J connectivity index is 2.42. The van der Waals surface area contributed by atoms with Crippen molar-refractivity contribution in [2.75, 3.05) is 18.8 Å². The van der Waals surface area contributed by atoms with Gasteiger partial charge in [-0.1, -0.05) is 13.0 Å². The molecule has 1 aliphatic rings. The van der Waals surface area contributed by atoms with E-state index in [4.69, 9.17) is 10.5 Å². The van der Waals surface area contributed by atoms with Crippen molar-refractivity contribution < 1.29 is 13.2 Å². The normalized spacial score (nSPS) is 24.8. The third-order valence-corrected chi connectivity index (χ3v) is 5.39. The molecule has 112 valence electrons. The quantitative estimate of drug-likeness (QED) is 0.861. The van der Waals surface area contributed by atoms with Crippen LogP contribution in [0.2, 0.25) is 0 Å². The SMILES string of the molecule is CCc1ccc(N)cc1S(=O)(=O)N1CC(C)OC(C)C1. The lowest BCUT2D eigenvalue weighted by molar-refractivity contribution is -0.0440. The number of nitrogen functional groups attached to an aromatic ring is 1. The van der Waals surface area contributed by atoms with Crippen molar-refractivity contribution in [2.45, 2.75) is 44.3 Å². The third kappa shape index (κ3) is 2.97. The molecule has 20 heavy (non-hydrogen) atoms. The molecular formula is C14H22N2O3S. The number of nitrogens with two attached hydrogens (primary N) is 1. The molecule has 0 aliphatic carbocycles. The summed E-state index contributed by atoms with van der Waals surface area (Å²) < 4.78 is 32.7. The minimum Gasteiger partial charge on any atom is -0.399 e. The molecule has 0 amide bonds. The lowest BCUT2D eigenvalue weighted by Crippen LogP contribution is -2.48. The molecule has 1 saturated heterocycles. The molecule has 5 nitrogen and oxygen atoms in total. The molecule has 0 bridgehead atoms. The van der Waals surface area contributed by atoms with Crippen molar-refractivity contribution in [3.05, 3.63) is 23.8 Å². The van der Waals surface area contributed by atoms with Gasteiger partial charge in [0.2, 0.25) is 10.0 Å². The summed E-state index contributed by atoms with van der Waals surface area (Å²) in [5.41, 5.74) is 7.02. The summed E-state index contributed by atoms with van der Waals surface area (Å²) >= 11 is 0. The standard InChI is InChI=1S/C14H22N2O3S/c1-4-12-5-6-13(15)7-14(12)20(17,18)16-8-10(2)19-11(3)9-16/h5-7,10-11H,4,8-9,15H2,1-3H3. The Labute approximate surface area is 120 Å². The number of aryl methyl sites for hydroxylation is 1. The summed E-state index contributed by atoms with van der Waals surface area (Å²) in [6.45, 7) is 6.47. The molecule has 1 heterocycles. The molecule has 0 aromatic heterocycles. The van der Waals surface area contributed by atoms with Crippen LogP contribution >= 0.6 is 0 Å². The Morgan fingerprint density at radius 2 is 1.90 bits per heavy atom. The second-order valence-corrected chi connectivity index (χ2v) is 7.21. The van der Waals surface area contributed by atoms with Gasteiger partial charge in [0.05, 0.1) is 17.1 Å². The summed E-state index contributed by atoms with van der Waals surface area (Å²) in [5.74, 6) is 0. The van der Waals surface area contributed by atoms with Gasteiger partial charge in [0, 0.05) is 18.8 Å². The highest BCUT2D eigenvalue weighted by molar-refractivity contribution is 7.89. The van der Waals surface area contributed by atoms with Gasteiger partial charge >= 0.3 is 0 Å². The van der Waals surface area contributed by atoms with Gasteiger partial charge in [0.1, 0.15) is 0 Å². The molecule has 0 spiro atoms. The summed E-state index contributed by atoms with van der Waals surface area (Å²) in [5, 5.41) is 0. The maximum Gasteiger partial charge on any atom is 0.243 e. The highest BCUT2D eigenvalue weighted by atomic mass is 32.2. The van der Waals surface area contributed by atoms with E-state index in [-0.39, 0.29) is 12.2 Å². The van der Waals surface area contributed by atoms with Crippen LogP contribution in [0.3, 0.4) is 0 Å². The van der Waals surface area contributed by atoms with Gasteiger partial charge in [0.25, 0.3) is 0 Å². The van der Waals surface area contributed by atoms with Gasteiger partial charge < -0.3 is 10.5 Å². The Bertz CT molecular complexity index is 576. The predicted octanol–water partition coefficient (Wildman–Crippen LogP) is 1.63. The molecule has 1 aromatic carbocycles. The van der Waals surface area contributed by atoms with Crippen LogP contribution in [0.15, 0.2) is 23.1 Å². The molecule has 2 atom stereocenters. The predicted molar refractivity (Wildman–Crippen MR) is 79.0 cm³/mol. The maximum atomic E-state index is 12.8. The molecule has 1 aromatic rings. The molecule has 0 radical (unpaired) electrons. The first-order valence-electron chi connectivity index (χ1n) is 6.88. The zero-order valence-electron chi connectivity index (χ0n) is 12.2. The number of sulfonamides is 1. The van der Waals surface area contributed by atoms with Crippen LogP contribution < -0.4 is 5.73 Å². The highest BCUT2D eigenvalue weighted by Gasteiger charge is 2.33. The Hall–Kier alpha value is -1.11. The van der Waals surface area contributed by atoms with Crippen LogP contribution in [0.4, 0.5) is 5.69 Å². The summed E-state index contributed by atoms with van der Waals surface area (Å²) in [6, 6.07) is 5.08. The number of nitrogens with zero attached hydrogens (tertiary/aromatic N) is 1. The van der Waals surface area contributed by atoms with Crippen molar-refractivity contribution in [1.29, 1.82) is 0 Å². The fraction of sp³-hybridized carbons (Fsp3) is 0.571. The zero-order chi connectivity index (χ0) is 14.9. The van der Waals surface area contributed by atoms with Crippen LogP contribution in [0.1, 0.15) is 26.3 Å². The van der Waals surface area contributed by atoms with E-state index in [2.05, 4.69) is 0 Å². The molecule has 2 N–H and O–H groups in total. The average Bonchev–Trinajstić information content (AvgIpc) is 2.37. The van der Waals surface area contributed by atoms with E-state index in [1.54, 1.807) is 18.2 Å². The van der Waals surface area contributed by atoms with Gasteiger partial charge in [0.15, 0.2) is 0 Å². The minimum absolute atomic E-state index is 0.0975. The van der Waals surface area contributed by atoms with Gasteiger partial charge in [-0.05, 0) is 38.0 Å². The molecule has 0 saturated carbocycles. The Morgan fingerprint density at radius 1 is 1.30 bits per heavy atom. The summed E-state index contributed by atoms with van der Waals surface area (Å²) in [7, 11) is -3.52. The number of hydrogen-bond donors (Lipinski definition) is 1. The Kier molecular flexibility index (Phi) is 4.36. The van der Waals surface area contributed by atoms with Crippen molar-refractivity contribution >= 4 is 15.7 Å². The maximum absolute atomic E-state index is 12.8. The number of morpholine rings is 1. The second kappa shape index (κ2) is 5.71. The molecule has 1 fully saturated rings. The third-order valence-electron chi connectivity index (χ3n) is 3.48. The summed E-state index contributed by atoms with van der Waals surface area (Å²) in [4.78, 5) is 0.321. The molecule has 2 rings (SSSR count). The molecule has 6 heteroatoms. The zero-order valence-corrected chi connectivity index (χ0v) is 13.0. The molecule has 2 unspecified atom stereocenters. The van der Waals surface area contributed by atoms with Gasteiger partial charge in [-0.3, -0.25) is 0 Å². The Morgan fingerprint density at radius 3 is 2.45 bits per heavy atom. The number of ether oxygens (including phenoxy) is 1. The second-order valence-electron chi connectivity index (χ2n) is 5.30.